The quantitative estimate of drug-likeness (QED) is 0.869. The van der Waals surface area contributed by atoms with Crippen molar-refractivity contribution in [3.05, 3.63) is 12.2 Å². The van der Waals surface area contributed by atoms with E-state index in [2.05, 4.69) is 47.9 Å². The Hall–Kier alpha value is -0.900. The normalized spacial score (nSPS) is 25.1. The molecule has 3 unspecified atom stereocenters. The summed E-state index contributed by atoms with van der Waals surface area (Å²) in [4.78, 5) is 4.47. The molecule has 20 heavy (non-hydrogen) atoms. The molecule has 0 spiro atoms. The summed E-state index contributed by atoms with van der Waals surface area (Å²) in [5.74, 6) is 2.83. The van der Waals surface area contributed by atoms with Crippen LogP contribution in [0, 0.1) is 11.8 Å². The van der Waals surface area contributed by atoms with Gasteiger partial charge >= 0.3 is 0 Å². The first-order chi connectivity index (χ1) is 9.65. The largest absolute Gasteiger partial charge is 0.316 e. The van der Waals surface area contributed by atoms with Gasteiger partial charge in [0, 0.05) is 18.5 Å². The minimum absolute atomic E-state index is 0.389. The highest BCUT2D eigenvalue weighted by Crippen LogP contribution is 2.33. The summed E-state index contributed by atoms with van der Waals surface area (Å²) in [5, 5.41) is 7.90. The smallest absolute Gasteiger partial charge is 0.138 e. The molecule has 0 bridgehead atoms. The summed E-state index contributed by atoms with van der Waals surface area (Å²) < 4.78 is 2.06. The van der Waals surface area contributed by atoms with E-state index in [1.54, 1.807) is 6.33 Å². The third-order valence-electron chi connectivity index (χ3n) is 4.88. The average molecular weight is 278 g/mol. The Morgan fingerprint density at radius 2 is 2.20 bits per heavy atom. The maximum Gasteiger partial charge on any atom is 0.138 e. The minimum Gasteiger partial charge on any atom is -0.316 e. The molecule has 4 heteroatoms. The molecule has 1 aliphatic carbocycles. The predicted octanol–water partition coefficient (Wildman–Crippen LogP) is 3.21. The van der Waals surface area contributed by atoms with Crippen LogP contribution >= 0.6 is 0 Å². The first-order valence-electron chi connectivity index (χ1n) is 8.21. The molecule has 1 aromatic rings. The number of rotatable bonds is 6. The maximum absolute atomic E-state index is 4.47. The molecule has 1 fully saturated rings. The van der Waals surface area contributed by atoms with Crippen molar-refractivity contribution in [2.75, 3.05) is 7.05 Å². The van der Waals surface area contributed by atoms with Crippen LogP contribution in [0.5, 0.6) is 0 Å². The van der Waals surface area contributed by atoms with Crippen LogP contribution in [0.4, 0.5) is 0 Å². The van der Waals surface area contributed by atoms with Crippen LogP contribution in [0.1, 0.15) is 64.7 Å². The average Bonchev–Trinajstić information content (AvgIpc) is 2.93. The lowest BCUT2D eigenvalue weighted by atomic mass is 9.76. The van der Waals surface area contributed by atoms with E-state index in [9.17, 15) is 0 Å². The van der Waals surface area contributed by atoms with E-state index >= 15 is 0 Å². The molecule has 0 saturated heterocycles. The van der Waals surface area contributed by atoms with Gasteiger partial charge in [-0.1, -0.05) is 26.2 Å². The summed E-state index contributed by atoms with van der Waals surface area (Å²) in [6.07, 6.45) is 9.56. The first kappa shape index (κ1) is 15.5. The SMILES string of the molecule is CCC1CCCC(C(Cc2ncnn2C(C)C)NC)C1. The molecule has 4 nitrogen and oxygen atoms in total. The molecular weight excluding hydrogens is 248 g/mol. The molecule has 0 amide bonds. The van der Waals surface area contributed by atoms with Gasteiger partial charge in [0.1, 0.15) is 12.2 Å². The number of aromatic nitrogens is 3. The molecule has 3 atom stereocenters. The zero-order chi connectivity index (χ0) is 14.5. The molecule has 1 aliphatic rings. The first-order valence-corrected chi connectivity index (χ1v) is 8.21. The zero-order valence-electron chi connectivity index (χ0n) is 13.5. The van der Waals surface area contributed by atoms with E-state index in [1.165, 1.54) is 32.1 Å². The lowest BCUT2D eigenvalue weighted by Crippen LogP contribution is -2.39. The van der Waals surface area contributed by atoms with Crippen molar-refractivity contribution in [3.8, 4) is 0 Å². The van der Waals surface area contributed by atoms with Gasteiger partial charge in [-0.05, 0) is 45.6 Å². The fraction of sp³-hybridized carbons (Fsp3) is 0.875. The van der Waals surface area contributed by atoms with Gasteiger partial charge in [-0.25, -0.2) is 9.67 Å². The lowest BCUT2D eigenvalue weighted by Gasteiger charge is -2.34. The molecular formula is C16H30N4. The van der Waals surface area contributed by atoms with E-state index in [4.69, 9.17) is 0 Å². The van der Waals surface area contributed by atoms with Crippen molar-refractivity contribution >= 4 is 0 Å². The highest BCUT2D eigenvalue weighted by atomic mass is 15.3. The van der Waals surface area contributed by atoms with E-state index in [0.29, 0.717) is 12.1 Å². The highest BCUT2D eigenvalue weighted by Gasteiger charge is 2.28. The molecule has 1 heterocycles. The second-order valence-electron chi connectivity index (χ2n) is 6.51. The van der Waals surface area contributed by atoms with Crippen molar-refractivity contribution < 1.29 is 0 Å². The van der Waals surface area contributed by atoms with Gasteiger partial charge < -0.3 is 5.32 Å². The van der Waals surface area contributed by atoms with Crippen LogP contribution in [0.25, 0.3) is 0 Å². The Bertz CT molecular complexity index is 399. The Morgan fingerprint density at radius 1 is 1.40 bits per heavy atom. The second-order valence-corrected chi connectivity index (χ2v) is 6.51. The summed E-state index contributed by atoms with van der Waals surface area (Å²) >= 11 is 0. The Morgan fingerprint density at radius 3 is 2.85 bits per heavy atom. The van der Waals surface area contributed by atoms with Gasteiger partial charge in [0.15, 0.2) is 0 Å². The van der Waals surface area contributed by atoms with Crippen LogP contribution < -0.4 is 5.32 Å². The Kier molecular flexibility index (Phi) is 5.58. The van der Waals surface area contributed by atoms with Gasteiger partial charge in [-0.2, -0.15) is 5.10 Å². The van der Waals surface area contributed by atoms with Gasteiger partial charge in [0.25, 0.3) is 0 Å². The fourth-order valence-electron chi connectivity index (χ4n) is 3.62. The second kappa shape index (κ2) is 7.21. The van der Waals surface area contributed by atoms with Crippen LogP contribution in [-0.2, 0) is 6.42 Å². The molecule has 0 aliphatic heterocycles. The van der Waals surface area contributed by atoms with Gasteiger partial charge in [-0.15, -0.1) is 0 Å². The number of hydrogen-bond acceptors (Lipinski definition) is 3. The molecule has 1 N–H and O–H groups in total. The maximum atomic E-state index is 4.47. The topological polar surface area (TPSA) is 42.7 Å². The standard InChI is InChI=1S/C16H30N4/c1-5-13-7-6-8-14(9-13)15(17-4)10-16-18-11-19-20(16)12(2)3/h11-15,17H,5-10H2,1-4H3. The summed E-state index contributed by atoms with van der Waals surface area (Å²) in [7, 11) is 2.09. The molecule has 1 saturated carbocycles. The third-order valence-corrected chi connectivity index (χ3v) is 4.88. The predicted molar refractivity (Wildman–Crippen MR) is 82.7 cm³/mol. The lowest BCUT2D eigenvalue weighted by molar-refractivity contribution is 0.210. The van der Waals surface area contributed by atoms with Crippen molar-refractivity contribution in [1.29, 1.82) is 0 Å². The van der Waals surface area contributed by atoms with Crippen molar-refractivity contribution in [1.82, 2.24) is 20.1 Å². The van der Waals surface area contributed by atoms with Crippen LogP contribution in [0.3, 0.4) is 0 Å². The third kappa shape index (κ3) is 3.60. The molecule has 114 valence electrons. The summed E-state index contributed by atoms with van der Waals surface area (Å²) in [5.41, 5.74) is 0. The number of nitrogens with one attached hydrogen (secondary N) is 1. The summed E-state index contributed by atoms with van der Waals surface area (Å²) in [6.45, 7) is 6.66. The van der Waals surface area contributed by atoms with E-state index in [1.807, 2.05) is 0 Å². The van der Waals surface area contributed by atoms with Crippen LogP contribution in [0.15, 0.2) is 6.33 Å². The number of hydrogen-bond donors (Lipinski definition) is 1. The van der Waals surface area contributed by atoms with Crippen molar-refractivity contribution in [2.24, 2.45) is 11.8 Å². The van der Waals surface area contributed by atoms with Crippen molar-refractivity contribution in [2.45, 2.75) is 71.4 Å². The van der Waals surface area contributed by atoms with Crippen LogP contribution in [0.2, 0.25) is 0 Å². The van der Waals surface area contributed by atoms with Gasteiger partial charge in [0.05, 0.1) is 0 Å². The van der Waals surface area contributed by atoms with E-state index in [0.717, 1.165) is 24.1 Å². The van der Waals surface area contributed by atoms with E-state index < -0.39 is 0 Å². The molecule has 0 radical (unpaired) electrons. The van der Waals surface area contributed by atoms with E-state index in [-0.39, 0.29) is 0 Å². The zero-order valence-corrected chi connectivity index (χ0v) is 13.5. The van der Waals surface area contributed by atoms with Crippen LogP contribution in [-0.4, -0.2) is 27.9 Å². The Balaban J connectivity index is 2.03. The van der Waals surface area contributed by atoms with Gasteiger partial charge in [0.2, 0.25) is 0 Å². The van der Waals surface area contributed by atoms with Gasteiger partial charge in [-0.3, -0.25) is 0 Å². The molecule has 2 rings (SSSR count). The molecule has 0 aromatic carbocycles. The monoisotopic (exact) mass is 278 g/mol. The number of nitrogens with zero attached hydrogens (tertiary/aromatic N) is 3. The Labute approximate surface area is 123 Å². The highest BCUT2D eigenvalue weighted by molar-refractivity contribution is 4.94. The minimum atomic E-state index is 0.389. The van der Waals surface area contributed by atoms with Crippen molar-refractivity contribution in [3.63, 3.8) is 0 Å². The number of likely N-dealkylation sites (N-methyl/N-ethyl adjacent to an activating group) is 1. The summed E-state index contributed by atoms with van der Waals surface area (Å²) in [6, 6.07) is 0.922. The molecule has 1 aromatic heterocycles. The fourth-order valence-corrected chi connectivity index (χ4v) is 3.62.